The number of rotatable bonds is 8. The highest BCUT2D eigenvalue weighted by Crippen LogP contribution is 2.32. The van der Waals surface area contributed by atoms with Gasteiger partial charge in [0.1, 0.15) is 17.3 Å². The van der Waals surface area contributed by atoms with Crippen LogP contribution in [0.2, 0.25) is 0 Å². The van der Waals surface area contributed by atoms with Gasteiger partial charge in [0.25, 0.3) is 10.0 Å². The summed E-state index contributed by atoms with van der Waals surface area (Å²) in [5.74, 6) is 1.16. The van der Waals surface area contributed by atoms with Crippen LogP contribution in [-0.4, -0.2) is 46.7 Å². The second kappa shape index (κ2) is 10.4. The Balaban J connectivity index is 1.55. The van der Waals surface area contributed by atoms with Crippen LogP contribution < -0.4 is 13.8 Å². The van der Waals surface area contributed by atoms with E-state index in [1.807, 2.05) is 18.2 Å². The lowest BCUT2D eigenvalue weighted by Crippen LogP contribution is -2.47. The fourth-order valence-corrected chi connectivity index (χ4v) is 6.13. The van der Waals surface area contributed by atoms with E-state index in [0.29, 0.717) is 38.2 Å². The molecule has 0 unspecified atom stereocenters. The first-order valence-corrected chi connectivity index (χ1v) is 12.6. The zero-order valence-corrected chi connectivity index (χ0v) is 20.2. The zero-order valence-electron chi connectivity index (χ0n) is 19.4. The molecular formula is C26H29FN2O4S. The normalized spacial score (nSPS) is 15.1. The Kier molecular flexibility index (Phi) is 7.38. The number of ether oxygens (including phenoxy) is 2. The van der Waals surface area contributed by atoms with E-state index >= 15 is 0 Å². The van der Waals surface area contributed by atoms with Crippen molar-refractivity contribution in [2.24, 2.45) is 0 Å². The third-order valence-electron chi connectivity index (χ3n) is 6.15. The molecule has 1 heterocycles. The van der Waals surface area contributed by atoms with Crippen molar-refractivity contribution in [3.63, 3.8) is 0 Å². The highest BCUT2D eigenvalue weighted by molar-refractivity contribution is 7.92. The van der Waals surface area contributed by atoms with E-state index in [0.717, 1.165) is 17.1 Å². The molecule has 0 radical (unpaired) electrons. The van der Waals surface area contributed by atoms with E-state index < -0.39 is 15.8 Å². The number of likely N-dealkylation sites (tertiary alicyclic amines) is 1. The number of hydrogen-bond donors (Lipinski definition) is 0. The Morgan fingerprint density at radius 2 is 1.62 bits per heavy atom. The van der Waals surface area contributed by atoms with E-state index in [9.17, 15) is 12.8 Å². The van der Waals surface area contributed by atoms with Crippen LogP contribution in [0.25, 0.3) is 0 Å². The molecule has 1 aliphatic rings. The van der Waals surface area contributed by atoms with Gasteiger partial charge in [-0.1, -0.05) is 18.2 Å². The van der Waals surface area contributed by atoms with Crippen LogP contribution >= 0.6 is 0 Å². The predicted molar refractivity (Wildman–Crippen MR) is 130 cm³/mol. The lowest BCUT2D eigenvalue weighted by molar-refractivity contribution is 0.204. The summed E-state index contributed by atoms with van der Waals surface area (Å²) in [5, 5.41) is 0. The van der Waals surface area contributed by atoms with Crippen molar-refractivity contribution < 1.29 is 22.3 Å². The summed E-state index contributed by atoms with van der Waals surface area (Å²) in [7, 11) is -0.528. The van der Waals surface area contributed by atoms with Gasteiger partial charge in [-0.25, -0.2) is 12.8 Å². The van der Waals surface area contributed by atoms with Gasteiger partial charge in [-0.05, 0) is 67.4 Å². The molecule has 0 spiro atoms. The van der Waals surface area contributed by atoms with E-state index in [1.54, 1.807) is 44.6 Å². The quantitative estimate of drug-likeness (QED) is 0.464. The molecule has 180 valence electrons. The van der Waals surface area contributed by atoms with E-state index in [4.69, 9.17) is 9.47 Å². The second-order valence-electron chi connectivity index (χ2n) is 8.28. The molecule has 0 bridgehead atoms. The largest absolute Gasteiger partial charge is 0.497 e. The Bertz CT molecular complexity index is 1200. The molecule has 3 aromatic carbocycles. The lowest BCUT2D eigenvalue weighted by atomic mass is 10.0. The number of hydrogen-bond acceptors (Lipinski definition) is 5. The molecule has 0 aliphatic carbocycles. The van der Waals surface area contributed by atoms with Gasteiger partial charge >= 0.3 is 0 Å². The minimum atomic E-state index is -3.81. The molecule has 1 aliphatic heterocycles. The summed E-state index contributed by atoms with van der Waals surface area (Å²) in [6.45, 7) is 2.11. The molecule has 0 amide bonds. The van der Waals surface area contributed by atoms with Gasteiger partial charge in [0, 0.05) is 31.2 Å². The van der Waals surface area contributed by atoms with Crippen molar-refractivity contribution in [3.8, 4) is 11.5 Å². The SMILES string of the molecule is COc1ccc(OC)c(CN2CCC(N(c3ccc(F)cc3)S(=O)(=O)c3ccccc3)CC2)c1. The van der Waals surface area contributed by atoms with Crippen molar-refractivity contribution in [2.75, 3.05) is 31.6 Å². The summed E-state index contributed by atoms with van der Waals surface area (Å²) in [5.41, 5.74) is 1.49. The first kappa shape index (κ1) is 24.0. The van der Waals surface area contributed by atoms with Gasteiger partial charge in [-0.2, -0.15) is 0 Å². The number of methoxy groups -OCH3 is 2. The fourth-order valence-electron chi connectivity index (χ4n) is 4.40. The average molecular weight is 485 g/mol. The summed E-state index contributed by atoms with van der Waals surface area (Å²) < 4.78 is 53.2. The second-order valence-corrected chi connectivity index (χ2v) is 10.1. The Labute approximate surface area is 200 Å². The minimum absolute atomic E-state index is 0.225. The van der Waals surface area contributed by atoms with Crippen molar-refractivity contribution in [1.29, 1.82) is 0 Å². The molecule has 4 rings (SSSR count). The third-order valence-corrected chi connectivity index (χ3v) is 8.05. The van der Waals surface area contributed by atoms with Crippen molar-refractivity contribution in [1.82, 2.24) is 4.90 Å². The summed E-state index contributed by atoms with van der Waals surface area (Å²) in [4.78, 5) is 2.51. The van der Waals surface area contributed by atoms with Crippen LogP contribution in [0.1, 0.15) is 18.4 Å². The van der Waals surface area contributed by atoms with E-state index in [1.165, 1.54) is 28.6 Å². The molecule has 34 heavy (non-hydrogen) atoms. The van der Waals surface area contributed by atoms with Crippen LogP contribution in [0.5, 0.6) is 11.5 Å². The fraction of sp³-hybridized carbons (Fsp3) is 0.308. The maximum atomic E-state index is 13.6. The van der Waals surface area contributed by atoms with Gasteiger partial charge in [0.2, 0.25) is 0 Å². The van der Waals surface area contributed by atoms with Crippen LogP contribution in [0.4, 0.5) is 10.1 Å². The van der Waals surface area contributed by atoms with Crippen molar-refractivity contribution in [3.05, 3.63) is 84.2 Å². The van der Waals surface area contributed by atoms with Crippen LogP contribution in [-0.2, 0) is 16.6 Å². The topological polar surface area (TPSA) is 59.1 Å². The molecule has 0 atom stereocenters. The number of nitrogens with zero attached hydrogens (tertiary/aromatic N) is 2. The van der Waals surface area contributed by atoms with Crippen molar-refractivity contribution in [2.45, 2.75) is 30.3 Å². The molecule has 8 heteroatoms. The molecule has 0 saturated carbocycles. The van der Waals surface area contributed by atoms with Crippen molar-refractivity contribution >= 4 is 15.7 Å². The molecule has 0 N–H and O–H groups in total. The minimum Gasteiger partial charge on any atom is -0.497 e. The molecule has 0 aromatic heterocycles. The summed E-state index contributed by atoms with van der Waals surface area (Å²) in [6.07, 6.45) is 1.30. The van der Waals surface area contributed by atoms with Gasteiger partial charge in [0.05, 0.1) is 24.8 Å². The first-order valence-electron chi connectivity index (χ1n) is 11.2. The Morgan fingerprint density at radius 3 is 2.24 bits per heavy atom. The van der Waals surface area contributed by atoms with E-state index in [-0.39, 0.29) is 10.9 Å². The smallest absolute Gasteiger partial charge is 0.264 e. The highest BCUT2D eigenvalue weighted by Gasteiger charge is 2.34. The van der Waals surface area contributed by atoms with Gasteiger partial charge in [0.15, 0.2) is 0 Å². The number of piperidine rings is 1. The number of benzene rings is 3. The van der Waals surface area contributed by atoms with Crippen LogP contribution in [0.15, 0.2) is 77.7 Å². The number of anilines is 1. The standard InChI is InChI=1S/C26H29FN2O4S/c1-32-24-12-13-26(33-2)20(18-24)19-28-16-14-23(15-17-28)29(22-10-8-21(27)9-11-22)34(30,31)25-6-4-3-5-7-25/h3-13,18,23H,14-17,19H2,1-2H3. The average Bonchev–Trinajstić information content (AvgIpc) is 2.87. The molecular weight excluding hydrogens is 455 g/mol. The van der Waals surface area contributed by atoms with Crippen LogP contribution in [0.3, 0.4) is 0 Å². The van der Waals surface area contributed by atoms with Crippen LogP contribution in [0, 0.1) is 5.82 Å². The third kappa shape index (κ3) is 5.18. The van der Waals surface area contributed by atoms with Gasteiger partial charge < -0.3 is 9.47 Å². The van der Waals surface area contributed by atoms with E-state index in [2.05, 4.69) is 4.90 Å². The molecule has 6 nitrogen and oxygen atoms in total. The predicted octanol–water partition coefficient (Wildman–Crippen LogP) is 4.70. The molecule has 3 aromatic rings. The Morgan fingerprint density at radius 1 is 0.941 bits per heavy atom. The Hall–Kier alpha value is -3.10. The molecule has 1 fully saturated rings. The maximum absolute atomic E-state index is 13.6. The zero-order chi connectivity index (χ0) is 24.1. The van der Waals surface area contributed by atoms with Gasteiger partial charge in [-0.15, -0.1) is 0 Å². The lowest BCUT2D eigenvalue weighted by Gasteiger charge is -2.39. The summed E-state index contributed by atoms with van der Waals surface area (Å²) >= 11 is 0. The number of sulfonamides is 1. The van der Waals surface area contributed by atoms with Gasteiger partial charge in [-0.3, -0.25) is 9.21 Å². The molecule has 1 saturated heterocycles. The first-order chi connectivity index (χ1) is 16.4. The maximum Gasteiger partial charge on any atom is 0.264 e. The summed E-state index contributed by atoms with van der Waals surface area (Å²) in [6, 6.07) is 19.5. The monoisotopic (exact) mass is 484 g/mol. The highest BCUT2D eigenvalue weighted by atomic mass is 32.2. The number of halogens is 1.